The van der Waals surface area contributed by atoms with E-state index in [1.54, 1.807) is 0 Å². The van der Waals surface area contributed by atoms with Crippen molar-refractivity contribution in [1.29, 1.82) is 0 Å². The van der Waals surface area contributed by atoms with Gasteiger partial charge in [0.15, 0.2) is 0 Å². The second kappa shape index (κ2) is 5.42. The maximum absolute atomic E-state index is 13.8. The van der Waals surface area contributed by atoms with Crippen molar-refractivity contribution in [2.45, 2.75) is 18.9 Å². The lowest BCUT2D eigenvalue weighted by Crippen LogP contribution is -2.25. The molecule has 1 aromatic rings. The average molecular weight is 307 g/mol. The van der Waals surface area contributed by atoms with E-state index < -0.39 is 17.7 Å². The molecule has 2 rings (SSSR count). The van der Waals surface area contributed by atoms with Crippen LogP contribution >= 0.6 is 15.9 Å². The molecule has 94 valence electrons. The molecule has 1 heterocycles. The molecule has 1 N–H and O–H groups in total. The number of hydrogen-bond acceptors (Lipinski definition) is 2. The van der Waals surface area contributed by atoms with Crippen LogP contribution in [0.3, 0.4) is 0 Å². The summed E-state index contributed by atoms with van der Waals surface area (Å²) >= 11 is 2.99. The summed E-state index contributed by atoms with van der Waals surface area (Å²) in [6.07, 6.45) is 0.360. The Kier molecular flexibility index (Phi) is 4.12. The molecular formula is C12H13BrF2O2. The fraction of sp³-hybridized carbons (Fsp3) is 0.500. The molecule has 0 bridgehead atoms. The van der Waals surface area contributed by atoms with E-state index in [4.69, 9.17) is 4.74 Å². The van der Waals surface area contributed by atoms with E-state index in [1.807, 2.05) is 0 Å². The molecule has 0 radical (unpaired) electrons. The van der Waals surface area contributed by atoms with Crippen LogP contribution in [0, 0.1) is 17.6 Å². The van der Waals surface area contributed by atoms with Crippen molar-refractivity contribution in [2.75, 3.05) is 13.2 Å². The normalized spacial score (nSPS) is 22.5. The van der Waals surface area contributed by atoms with E-state index in [0.29, 0.717) is 19.6 Å². The van der Waals surface area contributed by atoms with E-state index in [1.165, 1.54) is 6.07 Å². The summed E-state index contributed by atoms with van der Waals surface area (Å²) in [7, 11) is 0. The Morgan fingerprint density at radius 2 is 2.18 bits per heavy atom. The first-order valence-corrected chi connectivity index (χ1v) is 6.29. The van der Waals surface area contributed by atoms with Crippen molar-refractivity contribution < 1.29 is 18.6 Å². The number of aliphatic hydroxyl groups is 1. The maximum Gasteiger partial charge on any atom is 0.146 e. The van der Waals surface area contributed by atoms with Gasteiger partial charge in [0.2, 0.25) is 0 Å². The van der Waals surface area contributed by atoms with Gasteiger partial charge < -0.3 is 9.84 Å². The van der Waals surface area contributed by atoms with Crippen LogP contribution in [0.15, 0.2) is 16.6 Å². The zero-order valence-corrected chi connectivity index (χ0v) is 10.7. The van der Waals surface area contributed by atoms with Crippen LogP contribution in [0.5, 0.6) is 0 Å². The van der Waals surface area contributed by atoms with E-state index in [9.17, 15) is 13.9 Å². The quantitative estimate of drug-likeness (QED) is 0.850. The van der Waals surface area contributed by atoms with Gasteiger partial charge in [0.05, 0.1) is 22.7 Å². The smallest absolute Gasteiger partial charge is 0.146 e. The molecule has 2 atom stereocenters. The fourth-order valence-corrected chi connectivity index (χ4v) is 2.41. The predicted octanol–water partition coefficient (Wildman–Crippen LogP) is 3.19. The highest BCUT2D eigenvalue weighted by atomic mass is 79.9. The minimum Gasteiger partial charge on any atom is -0.388 e. The SMILES string of the molecule is OC(c1c(F)ccc(Br)c1F)C1CCCOC1. The van der Waals surface area contributed by atoms with E-state index in [-0.39, 0.29) is 16.0 Å². The third-order valence-electron chi connectivity index (χ3n) is 3.02. The standard InChI is InChI=1S/C12H13BrF2O2/c13-8-3-4-9(14)10(11(8)15)12(16)7-2-1-5-17-6-7/h3-4,7,12,16H,1-2,5-6H2. The molecule has 0 aliphatic carbocycles. The highest BCUT2D eigenvalue weighted by Gasteiger charge is 2.29. The Hall–Kier alpha value is -0.520. The van der Waals surface area contributed by atoms with Crippen molar-refractivity contribution in [3.63, 3.8) is 0 Å². The van der Waals surface area contributed by atoms with Gasteiger partial charge in [-0.15, -0.1) is 0 Å². The number of hydrogen-bond donors (Lipinski definition) is 1. The largest absolute Gasteiger partial charge is 0.388 e. The molecule has 1 aromatic carbocycles. The summed E-state index contributed by atoms with van der Waals surface area (Å²) < 4.78 is 32.7. The van der Waals surface area contributed by atoms with Crippen LogP contribution in [0.4, 0.5) is 8.78 Å². The third-order valence-corrected chi connectivity index (χ3v) is 3.63. The number of benzene rings is 1. The van der Waals surface area contributed by atoms with Crippen molar-refractivity contribution in [3.8, 4) is 0 Å². The highest BCUT2D eigenvalue weighted by Crippen LogP contribution is 2.34. The molecule has 1 saturated heterocycles. The molecule has 5 heteroatoms. The van der Waals surface area contributed by atoms with E-state index in [0.717, 1.165) is 12.5 Å². The summed E-state index contributed by atoms with van der Waals surface area (Å²) in [6.45, 7) is 0.985. The van der Waals surface area contributed by atoms with Crippen LogP contribution in [-0.4, -0.2) is 18.3 Å². The molecule has 1 fully saturated rings. The van der Waals surface area contributed by atoms with Crippen molar-refractivity contribution >= 4 is 15.9 Å². The minimum atomic E-state index is -1.16. The van der Waals surface area contributed by atoms with Gasteiger partial charge in [-0.3, -0.25) is 0 Å². The second-order valence-corrected chi connectivity index (χ2v) is 5.03. The Bertz CT molecular complexity index is 406. The van der Waals surface area contributed by atoms with Gasteiger partial charge in [0, 0.05) is 12.5 Å². The van der Waals surface area contributed by atoms with Gasteiger partial charge >= 0.3 is 0 Å². The van der Waals surface area contributed by atoms with Crippen LogP contribution in [0.1, 0.15) is 24.5 Å². The van der Waals surface area contributed by atoms with Crippen LogP contribution in [0.25, 0.3) is 0 Å². The highest BCUT2D eigenvalue weighted by molar-refractivity contribution is 9.10. The Labute approximate surface area is 107 Å². The summed E-state index contributed by atoms with van der Waals surface area (Å²) in [4.78, 5) is 0. The fourth-order valence-electron chi connectivity index (χ4n) is 2.06. The summed E-state index contributed by atoms with van der Waals surface area (Å²) in [5, 5.41) is 10.1. The lowest BCUT2D eigenvalue weighted by molar-refractivity contribution is -0.0125. The Balaban J connectivity index is 2.29. The molecule has 0 saturated carbocycles. The molecule has 0 spiro atoms. The number of ether oxygens (including phenoxy) is 1. The van der Waals surface area contributed by atoms with Gasteiger partial charge in [-0.1, -0.05) is 0 Å². The molecule has 0 aromatic heterocycles. The lowest BCUT2D eigenvalue weighted by Gasteiger charge is -2.27. The summed E-state index contributed by atoms with van der Waals surface area (Å²) in [5.74, 6) is -1.70. The van der Waals surface area contributed by atoms with Gasteiger partial charge in [0.1, 0.15) is 11.6 Å². The van der Waals surface area contributed by atoms with Gasteiger partial charge in [-0.25, -0.2) is 8.78 Å². The van der Waals surface area contributed by atoms with Crippen LogP contribution in [0.2, 0.25) is 0 Å². The molecule has 0 amide bonds. The summed E-state index contributed by atoms with van der Waals surface area (Å²) in [5.41, 5.74) is -0.269. The first-order valence-electron chi connectivity index (χ1n) is 5.50. The number of aliphatic hydroxyl groups excluding tert-OH is 1. The second-order valence-electron chi connectivity index (χ2n) is 4.18. The first kappa shape index (κ1) is 12.9. The molecule has 1 aliphatic heterocycles. The number of rotatable bonds is 2. The van der Waals surface area contributed by atoms with Gasteiger partial charge in [0.25, 0.3) is 0 Å². The topological polar surface area (TPSA) is 29.5 Å². The predicted molar refractivity (Wildman–Crippen MR) is 62.6 cm³/mol. The van der Waals surface area contributed by atoms with Gasteiger partial charge in [-0.2, -0.15) is 0 Å². The van der Waals surface area contributed by atoms with E-state index >= 15 is 0 Å². The maximum atomic E-state index is 13.8. The Morgan fingerprint density at radius 1 is 1.41 bits per heavy atom. The molecule has 2 unspecified atom stereocenters. The van der Waals surface area contributed by atoms with Crippen molar-refractivity contribution in [1.82, 2.24) is 0 Å². The van der Waals surface area contributed by atoms with Gasteiger partial charge in [-0.05, 0) is 40.9 Å². The van der Waals surface area contributed by atoms with Crippen LogP contribution < -0.4 is 0 Å². The molecule has 2 nitrogen and oxygen atoms in total. The summed E-state index contributed by atoms with van der Waals surface area (Å²) in [6, 6.07) is 2.44. The van der Waals surface area contributed by atoms with Crippen LogP contribution in [-0.2, 0) is 4.74 Å². The van der Waals surface area contributed by atoms with Crippen molar-refractivity contribution in [2.24, 2.45) is 5.92 Å². The average Bonchev–Trinajstić information content (AvgIpc) is 2.35. The first-order chi connectivity index (χ1) is 8.11. The zero-order chi connectivity index (χ0) is 12.4. The van der Waals surface area contributed by atoms with E-state index in [2.05, 4.69) is 15.9 Å². The minimum absolute atomic E-state index is 0.157. The third kappa shape index (κ3) is 2.67. The van der Waals surface area contributed by atoms with Crippen molar-refractivity contribution in [3.05, 3.63) is 33.8 Å². The zero-order valence-electron chi connectivity index (χ0n) is 9.13. The molecule has 1 aliphatic rings. The molecule has 17 heavy (non-hydrogen) atoms. The molecular weight excluding hydrogens is 294 g/mol. The number of halogens is 3. The lowest BCUT2D eigenvalue weighted by atomic mass is 9.90. The Morgan fingerprint density at radius 3 is 2.82 bits per heavy atom. The monoisotopic (exact) mass is 306 g/mol.